The number of amides is 5. The van der Waals surface area contributed by atoms with Crippen molar-refractivity contribution < 1.29 is 28.7 Å². The first kappa shape index (κ1) is 34.7. The van der Waals surface area contributed by atoms with Crippen molar-refractivity contribution in [3.05, 3.63) is 101 Å². The molecule has 1 fully saturated rings. The summed E-state index contributed by atoms with van der Waals surface area (Å²) in [6.07, 6.45) is 0.476. The number of carbonyl (C=O) groups is 5. The molecule has 0 spiro atoms. The number of likely N-dealkylation sites (N-methyl/N-ethyl adjacent to an activating group) is 1. The van der Waals surface area contributed by atoms with Crippen molar-refractivity contribution in [1.29, 1.82) is 0 Å². The summed E-state index contributed by atoms with van der Waals surface area (Å²) in [5.41, 5.74) is 4.29. The second-order valence-corrected chi connectivity index (χ2v) is 12.3. The highest BCUT2D eigenvalue weighted by Gasteiger charge is 2.44. The molecule has 1 atom stereocenters. The van der Waals surface area contributed by atoms with E-state index in [0.717, 1.165) is 27.7 Å². The summed E-state index contributed by atoms with van der Waals surface area (Å²) in [6, 6.07) is 22.7. The van der Waals surface area contributed by atoms with Gasteiger partial charge in [-0.2, -0.15) is 4.98 Å². The molecular formula is C37H38N8O6. The largest absolute Gasteiger partial charge is 0.383 e. The Bertz CT molecular complexity index is 1950. The van der Waals surface area contributed by atoms with Crippen molar-refractivity contribution in [2.24, 2.45) is 0 Å². The average Bonchev–Trinajstić information content (AvgIpc) is 3.35. The maximum atomic E-state index is 13.1. The van der Waals surface area contributed by atoms with E-state index in [0.29, 0.717) is 50.0 Å². The summed E-state index contributed by atoms with van der Waals surface area (Å²) in [5, 5.41) is 11.5. The summed E-state index contributed by atoms with van der Waals surface area (Å²) in [6.45, 7) is 3.74. The number of hydrogen-bond acceptors (Lipinski definition) is 11. The van der Waals surface area contributed by atoms with E-state index in [1.165, 1.54) is 0 Å². The standard InChI is InChI=1S/C37H38N8O6/c1-23-20-31(42-37(39-23)41-26-10-8-25(9-11-26)40-33(47)21-24-6-4-3-5-7-24)44(2)17-19-51-18-16-38-27-12-13-28-29(22-27)36(50)45(35(28)49)30-14-15-32(46)43-34(30)48/h3-13,20,22,30,38H,14-19,21H2,1-2H3,(H,40,47)(H,39,41,42)(H,43,46,48). The Hall–Kier alpha value is -6.15. The number of imide groups is 2. The third kappa shape index (κ3) is 8.54. The van der Waals surface area contributed by atoms with Gasteiger partial charge in [0.1, 0.15) is 11.9 Å². The SMILES string of the molecule is Cc1cc(N(C)CCOCCNc2ccc3c(c2)C(=O)N(C2CCC(=O)NC2=O)C3=O)nc(Nc2ccc(NC(=O)Cc3ccccc3)cc2)n1. The minimum absolute atomic E-state index is 0.0682. The summed E-state index contributed by atoms with van der Waals surface area (Å²) in [7, 11) is 1.92. The van der Waals surface area contributed by atoms with Crippen molar-refractivity contribution >= 4 is 58.4 Å². The zero-order valence-electron chi connectivity index (χ0n) is 28.3. The van der Waals surface area contributed by atoms with Crippen LogP contribution in [0.15, 0.2) is 78.9 Å². The molecule has 6 rings (SSSR count). The Morgan fingerprint density at radius 1 is 0.902 bits per heavy atom. The summed E-state index contributed by atoms with van der Waals surface area (Å²) in [5.74, 6) is -1.07. The lowest BCUT2D eigenvalue weighted by atomic mass is 10.0. The highest BCUT2D eigenvalue weighted by atomic mass is 16.5. The lowest BCUT2D eigenvalue weighted by Gasteiger charge is -2.27. The van der Waals surface area contributed by atoms with Crippen LogP contribution in [-0.2, 0) is 25.5 Å². The summed E-state index contributed by atoms with van der Waals surface area (Å²) in [4.78, 5) is 74.3. The van der Waals surface area contributed by atoms with Gasteiger partial charge in [0.15, 0.2) is 0 Å². The quantitative estimate of drug-likeness (QED) is 0.112. The van der Waals surface area contributed by atoms with E-state index in [-0.39, 0.29) is 29.9 Å². The minimum atomic E-state index is -1.00. The van der Waals surface area contributed by atoms with E-state index in [1.807, 2.05) is 79.5 Å². The molecule has 0 aliphatic carbocycles. The monoisotopic (exact) mass is 690 g/mol. The van der Waals surface area contributed by atoms with Crippen molar-refractivity contribution in [2.45, 2.75) is 32.2 Å². The van der Waals surface area contributed by atoms with Gasteiger partial charge in [-0.15, -0.1) is 0 Å². The van der Waals surface area contributed by atoms with E-state index in [9.17, 15) is 24.0 Å². The Morgan fingerprint density at radius 2 is 1.63 bits per heavy atom. The molecule has 2 aliphatic heterocycles. The number of piperidine rings is 1. The predicted octanol–water partition coefficient (Wildman–Crippen LogP) is 3.68. The molecule has 1 unspecified atom stereocenters. The molecule has 3 heterocycles. The van der Waals surface area contributed by atoms with Gasteiger partial charge in [-0.1, -0.05) is 30.3 Å². The van der Waals surface area contributed by atoms with Crippen molar-refractivity contribution in [2.75, 3.05) is 54.2 Å². The van der Waals surface area contributed by atoms with Crippen LogP contribution in [0.1, 0.15) is 44.8 Å². The molecule has 1 saturated heterocycles. The lowest BCUT2D eigenvalue weighted by Crippen LogP contribution is -2.54. The van der Waals surface area contributed by atoms with Gasteiger partial charge in [0, 0.05) is 55.4 Å². The maximum Gasteiger partial charge on any atom is 0.262 e. The zero-order chi connectivity index (χ0) is 35.9. The molecule has 4 aromatic rings. The van der Waals surface area contributed by atoms with Gasteiger partial charge in [-0.25, -0.2) is 4.98 Å². The van der Waals surface area contributed by atoms with Crippen molar-refractivity contribution in [3.63, 3.8) is 0 Å². The smallest absolute Gasteiger partial charge is 0.262 e. The van der Waals surface area contributed by atoms with Gasteiger partial charge in [-0.3, -0.25) is 34.2 Å². The minimum Gasteiger partial charge on any atom is -0.383 e. The van der Waals surface area contributed by atoms with E-state index < -0.39 is 29.7 Å². The van der Waals surface area contributed by atoms with Crippen LogP contribution in [0.2, 0.25) is 0 Å². The third-order valence-corrected chi connectivity index (χ3v) is 8.45. The molecule has 3 aromatic carbocycles. The number of carbonyl (C=O) groups excluding carboxylic acids is 5. The van der Waals surface area contributed by atoms with Gasteiger partial charge in [0.05, 0.1) is 30.8 Å². The molecule has 0 radical (unpaired) electrons. The molecule has 4 N–H and O–H groups in total. The first-order chi connectivity index (χ1) is 24.6. The van der Waals surface area contributed by atoms with Crippen LogP contribution in [0.25, 0.3) is 0 Å². The number of nitrogens with one attached hydrogen (secondary N) is 4. The number of nitrogens with zero attached hydrogens (tertiary/aromatic N) is 4. The number of aromatic nitrogens is 2. The normalized spacial score (nSPS) is 15.3. The van der Waals surface area contributed by atoms with Crippen LogP contribution in [0.5, 0.6) is 0 Å². The molecule has 51 heavy (non-hydrogen) atoms. The van der Waals surface area contributed by atoms with Crippen LogP contribution in [0, 0.1) is 6.92 Å². The Morgan fingerprint density at radius 3 is 2.39 bits per heavy atom. The number of fused-ring (bicyclic) bond motifs is 1. The van der Waals surface area contributed by atoms with E-state index in [4.69, 9.17) is 4.74 Å². The molecule has 0 bridgehead atoms. The topological polar surface area (TPSA) is 175 Å². The highest BCUT2D eigenvalue weighted by Crippen LogP contribution is 2.29. The molecule has 2 aliphatic rings. The summed E-state index contributed by atoms with van der Waals surface area (Å²) >= 11 is 0. The molecule has 1 aromatic heterocycles. The van der Waals surface area contributed by atoms with Gasteiger partial charge < -0.3 is 25.6 Å². The maximum absolute atomic E-state index is 13.1. The second-order valence-electron chi connectivity index (χ2n) is 12.3. The van der Waals surface area contributed by atoms with E-state index in [1.54, 1.807) is 18.2 Å². The zero-order valence-corrected chi connectivity index (χ0v) is 28.3. The van der Waals surface area contributed by atoms with Gasteiger partial charge in [0.25, 0.3) is 11.8 Å². The van der Waals surface area contributed by atoms with Crippen LogP contribution in [0.3, 0.4) is 0 Å². The molecule has 5 amide bonds. The lowest BCUT2D eigenvalue weighted by molar-refractivity contribution is -0.136. The van der Waals surface area contributed by atoms with E-state index >= 15 is 0 Å². The molecule has 14 nitrogen and oxygen atoms in total. The number of benzene rings is 3. The Labute approximate surface area is 294 Å². The first-order valence-corrected chi connectivity index (χ1v) is 16.6. The third-order valence-electron chi connectivity index (χ3n) is 8.45. The first-order valence-electron chi connectivity index (χ1n) is 16.6. The molecule has 0 saturated carbocycles. The van der Waals surface area contributed by atoms with Gasteiger partial charge >= 0.3 is 0 Å². The molecule has 14 heteroatoms. The van der Waals surface area contributed by atoms with Crippen LogP contribution in [-0.4, -0.2) is 83.8 Å². The Balaban J connectivity index is 0.937. The highest BCUT2D eigenvalue weighted by molar-refractivity contribution is 6.23. The number of hydrogen-bond donors (Lipinski definition) is 4. The fourth-order valence-electron chi connectivity index (χ4n) is 5.82. The van der Waals surface area contributed by atoms with Gasteiger partial charge in [-0.05, 0) is 61.4 Å². The second kappa shape index (κ2) is 15.6. The number of rotatable bonds is 14. The van der Waals surface area contributed by atoms with Crippen LogP contribution in [0.4, 0.5) is 28.8 Å². The van der Waals surface area contributed by atoms with Crippen LogP contribution >= 0.6 is 0 Å². The van der Waals surface area contributed by atoms with Crippen LogP contribution < -0.4 is 26.2 Å². The van der Waals surface area contributed by atoms with Crippen molar-refractivity contribution in [1.82, 2.24) is 20.2 Å². The Kier molecular flexibility index (Phi) is 10.6. The fraction of sp³-hybridized carbons (Fsp3) is 0.270. The average molecular weight is 691 g/mol. The van der Waals surface area contributed by atoms with E-state index in [2.05, 4.69) is 31.2 Å². The summed E-state index contributed by atoms with van der Waals surface area (Å²) < 4.78 is 5.83. The van der Waals surface area contributed by atoms with Gasteiger partial charge in [0.2, 0.25) is 23.7 Å². The molecular weight excluding hydrogens is 652 g/mol. The van der Waals surface area contributed by atoms with Crippen molar-refractivity contribution in [3.8, 4) is 0 Å². The number of anilines is 5. The number of aryl methyl sites for hydroxylation is 1. The number of ether oxygens (including phenoxy) is 1. The fourth-order valence-corrected chi connectivity index (χ4v) is 5.82. The predicted molar refractivity (Wildman–Crippen MR) is 191 cm³/mol. The molecule has 262 valence electrons.